The van der Waals surface area contributed by atoms with E-state index in [0.717, 1.165) is 30.8 Å². The van der Waals surface area contributed by atoms with Gasteiger partial charge in [0.2, 0.25) is 0 Å². The summed E-state index contributed by atoms with van der Waals surface area (Å²) in [5.74, 6) is 0. The summed E-state index contributed by atoms with van der Waals surface area (Å²) in [7, 11) is 0. The van der Waals surface area contributed by atoms with Gasteiger partial charge >= 0.3 is 0 Å². The molecule has 1 aliphatic rings. The van der Waals surface area contributed by atoms with Crippen molar-refractivity contribution in [1.29, 1.82) is 0 Å². The standard InChI is InChI=1S/C23H22Cl2N2O/c24-20-11-10-18(15-21(20)25)19-9-6-14-27(23(19)28)22(16-26-12-4-5-13-26)17-7-2-1-3-8-17/h1-3,6-11,14-15,22H,4-5,12-13,16H2/t22-/m1/s1. The second-order valence-electron chi connectivity index (χ2n) is 7.20. The maximum Gasteiger partial charge on any atom is 0.259 e. The molecular formula is C23H22Cl2N2O. The molecule has 144 valence electrons. The first kappa shape index (κ1) is 19.3. The van der Waals surface area contributed by atoms with Gasteiger partial charge in [0.1, 0.15) is 0 Å². The van der Waals surface area contributed by atoms with Crippen LogP contribution in [0.25, 0.3) is 11.1 Å². The second kappa shape index (κ2) is 8.52. The molecule has 4 rings (SSSR count). The van der Waals surface area contributed by atoms with Crippen LogP contribution in [-0.4, -0.2) is 29.1 Å². The first-order valence-electron chi connectivity index (χ1n) is 9.57. The lowest BCUT2D eigenvalue weighted by molar-refractivity contribution is 0.295. The summed E-state index contributed by atoms with van der Waals surface area (Å²) in [6.45, 7) is 3.00. The molecule has 0 spiro atoms. The number of rotatable bonds is 5. The number of hydrogen-bond acceptors (Lipinski definition) is 2. The van der Waals surface area contributed by atoms with Gasteiger partial charge in [0, 0.05) is 18.3 Å². The third-order valence-electron chi connectivity index (χ3n) is 5.36. The maximum atomic E-state index is 13.4. The number of aromatic nitrogens is 1. The van der Waals surface area contributed by atoms with Gasteiger partial charge in [-0.05, 0) is 61.3 Å². The van der Waals surface area contributed by atoms with E-state index in [2.05, 4.69) is 17.0 Å². The van der Waals surface area contributed by atoms with Crippen molar-refractivity contribution in [2.45, 2.75) is 18.9 Å². The largest absolute Gasteiger partial charge is 0.306 e. The van der Waals surface area contributed by atoms with E-state index in [0.29, 0.717) is 15.6 Å². The van der Waals surface area contributed by atoms with Crippen LogP contribution in [0.5, 0.6) is 0 Å². The summed E-state index contributed by atoms with van der Waals surface area (Å²) >= 11 is 12.2. The average molecular weight is 413 g/mol. The third kappa shape index (κ3) is 4.02. The molecule has 1 aromatic heterocycles. The van der Waals surface area contributed by atoms with E-state index in [4.69, 9.17) is 23.2 Å². The highest BCUT2D eigenvalue weighted by molar-refractivity contribution is 6.42. The molecule has 3 nitrogen and oxygen atoms in total. The van der Waals surface area contributed by atoms with Crippen molar-refractivity contribution in [3.63, 3.8) is 0 Å². The van der Waals surface area contributed by atoms with Crippen LogP contribution in [-0.2, 0) is 0 Å². The second-order valence-corrected chi connectivity index (χ2v) is 8.01. The summed E-state index contributed by atoms with van der Waals surface area (Å²) < 4.78 is 1.85. The molecule has 0 amide bonds. The molecule has 0 radical (unpaired) electrons. The smallest absolute Gasteiger partial charge is 0.259 e. The molecule has 2 aromatic carbocycles. The van der Waals surface area contributed by atoms with E-state index >= 15 is 0 Å². The fourth-order valence-electron chi connectivity index (χ4n) is 3.88. The number of nitrogens with zero attached hydrogens (tertiary/aromatic N) is 2. The fraction of sp³-hybridized carbons (Fsp3) is 0.261. The van der Waals surface area contributed by atoms with Gasteiger partial charge in [-0.15, -0.1) is 0 Å². The van der Waals surface area contributed by atoms with Crippen molar-refractivity contribution in [2.75, 3.05) is 19.6 Å². The zero-order valence-electron chi connectivity index (χ0n) is 15.5. The Morgan fingerprint density at radius 3 is 2.36 bits per heavy atom. The van der Waals surface area contributed by atoms with Crippen LogP contribution >= 0.6 is 23.2 Å². The molecule has 2 heterocycles. The van der Waals surface area contributed by atoms with Gasteiger partial charge in [-0.1, -0.05) is 59.6 Å². The van der Waals surface area contributed by atoms with Gasteiger partial charge in [-0.3, -0.25) is 4.79 Å². The van der Waals surface area contributed by atoms with Crippen molar-refractivity contribution >= 4 is 23.2 Å². The Hall–Kier alpha value is -2.07. The molecular weight excluding hydrogens is 391 g/mol. The zero-order chi connectivity index (χ0) is 19.5. The molecule has 28 heavy (non-hydrogen) atoms. The lowest BCUT2D eigenvalue weighted by Gasteiger charge is -2.26. The zero-order valence-corrected chi connectivity index (χ0v) is 17.0. The number of likely N-dealkylation sites (tertiary alicyclic amines) is 1. The van der Waals surface area contributed by atoms with Gasteiger partial charge in [-0.2, -0.15) is 0 Å². The first-order valence-corrected chi connectivity index (χ1v) is 10.3. The van der Waals surface area contributed by atoms with E-state index < -0.39 is 0 Å². The summed E-state index contributed by atoms with van der Waals surface area (Å²) in [6.07, 6.45) is 4.33. The molecule has 3 aromatic rings. The maximum absolute atomic E-state index is 13.4. The Morgan fingerprint density at radius 2 is 1.64 bits per heavy atom. The van der Waals surface area contributed by atoms with Crippen LogP contribution in [0.3, 0.4) is 0 Å². The monoisotopic (exact) mass is 412 g/mol. The number of pyridine rings is 1. The molecule has 0 unspecified atom stereocenters. The van der Waals surface area contributed by atoms with Crippen LogP contribution in [0.2, 0.25) is 10.0 Å². The van der Waals surface area contributed by atoms with Gasteiger partial charge in [-0.25, -0.2) is 0 Å². The first-order chi connectivity index (χ1) is 13.6. The van der Waals surface area contributed by atoms with E-state index in [-0.39, 0.29) is 11.6 Å². The highest BCUT2D eigenvalue weighted by Gasteiger charge is 2.22. The van der Waals surface area contributed by atoms with E-state index in [1.807, 2.05) is 47.2 Å². The predicted molar refractivity (Wildman–Crippen MR) is 116 cm³/mol. The fourth-order valence-corrected chi connectivity index (χ4v) is 4.18. The summed E-state index contributed by atoms with van der Waals surface area (Å²) in [6, 6.07) is 19.3. The number of benzene rings is 2. The van der Waals surface area contributed by atoms with Crippen LogP contribution < -0.4 is 5.56 Å². The molecule has 0 bridgehead atoms. The molecule has 1 aliphatic heterocycles. The van der Waals surface area contributed by atoms with Crippen LogP contribution in [0.4, 0.5) is 0 Å². The number of halogens is 2. The Kier molecular flexibility index (Phi) is 5.86. The van der Waals surface area contributed by atoms with Crippen molar-refractivity contribution in [1.82, 2.24) is 9.47 Å². The third-order valence-corrected chi connectivity index (χ3v) is 6.09. The Balaban J connectivity index is 1.78. The average Bonchev–Trinajstić information content (AvgIpc) is 3.23. The quantitative estimate of drug-likeness (QED) is 0.551. The normalized spacial score (nSPS) is 15.6. The predicted octanol–water partition coefficient (Wildman–Crippen LogP) is 5.51. The molecule has 0 aliphatic carbocycles. The minimum absolute atomic E-state index is 0.0195. The van der Waals surface area contributed by atoms with Crippen LogP contribution in [0.1, 0.15) is 24.4 Å². The molecule has 0 N–H and O–H groups in total. The van der Waals surface area contributed by atoms with Crippen molar-refractivity contribution in [2.24, 2.45) is 0 Å². The van der Waals surface area contributed by atoms with Gasteiger partial charge in [0.25, 0.3) is 5.56 Å². The molecule has 1 fully saturated rings. The highest BCUT2D eigenvalue weighted by atomic mass is 35.5. The molecule has 5 heteroatoms. The van der Waals surface area contributed by atoms with Crippen LogP contribution in [0, 0.1) is 0 Å². The SMILES string of the molecule is O=c1c(-c2ccc(Cl)c(Cl)c2)cccn1[C@H](CN1CCCC1)c1ccccc1. The lowest BCUT2D eigenvalue weighted by Crippen LogP contribution is -2.34. The van der Waals surface area contributed by atoms with Crippen molar-refractivity contribution in [3.8, 4) is 11.1 Å². The topological polar surface area (TPSA) is 25.2 Å². The van der Waals surface area contributed by atoms with Gasteiger partial charge < -0.3 is 9.47 Å². The van der Waals surface area contributed by atoms with E-state index in [9.17, 15) is 4.79 Å². The summed E-state index contributed by atoms with van der Waals surface area (Å²) in [5.41, 5.74) is 2.53. The summed E-state index contributed by atoms with van der Waals surface area (Å²) in [4.78, 5) is 15.9. The van der Waals surface area contributed by atoms with Gasteiger partial charge in [0.05, 0.1) is 16.1 Å². The molecule has 1 saturated heterocycles. The Morgan fingerprint density at radius 1 is 0.893 bits per heavy atom. The molecule has 0 saturated carbocycles. The van der Waals surface area contributed by atoms with Crippen molar-refractivity contribution in [3.05, 3.63) is 92.8 Å². The Labute approximate surface area is 175 Å². The summed E-state index contributed by atoms with van der Waals surface area (Å²) in [5, 5.41) is 0.934. The Bertz CT molecular complexity index is 1010. The van der Waals surface area contributed by atoms with Gasteiger partial charge in [0.15, 0.2) is 0 Å². The molecule has 1 atom stereocenters. The van der Waals surface area contributed by atoms with Crippen molar-refractivity contribution < 1.29 is 0 Å². The lowest BCUT2D eigenvalue weighted by atomic mass is 10.0. The number of hydrogen-bond donors (Lipinski definition) is 0. The van der Waals surface area contributed by atoms with Crippen LogP contribution in [0.15, 0.2) is 71.7 Å². The van der Waals surface area contributed by atoms with E-state index in [1.165, 1.54) is 12.8 Å². The highest BCUT2D eigenvalue weighted by Crippen LogP contribution is 2.28. The minimum Gasteiger partial charge on any atom is -0.306 e. The minimum atomic E-state index is -0.0328. The van der Waals surface area contributed by atoms with E-state index in [1.54, 1.807) is 12.1 Å².